The summed E-state index contributed by atoms with van der Waals surface area (Å²) < 4.78 is 5.70. The first-order chi connectivity index (χ1) is 13.5. The molecule has 1 fully saturated rings. The fourth-order valence-corrected chi connectivity index (χ4v) is 3.52. The number of hydrogen-bond acceptors (Lipinski definition) is 4. The number of carbonyl (C=O) groups excluding carboxylic acids is 2. The number of nitrogens with zero attached hydrogens (tertiary/aromatic N) is 1. The van der Waals surface area contributed by atoms with Crippen molar-refractivity contribution in [1.29, 1.82) is 0 Å². The summed E-state index contributed by atoms with van der Waals surface area (Å²) in [5.41, 5.74) is 2.11. The molecular formula is C22H20N2O4. The molecule has 0 bridgehead atoms. The van der Waals surface area contributed by atoms with Gasteiger partial charge >= 0.3 is 0 Å². The normalized spacial score (nSPS) is 16.8. The number of aryl methyl sites for hydroxylation is 1. The Balaban J connectivity index is 1.59. The highest BCUT2D eigenvalue weighted by atomic mass is 16.3. The van der Waals surface area contributed by atoms with E-state index in [1.165, 1.54) is 11.0 Å². The molecule has 2 aromatic carbocycles. The van der Waals surface area contributed by atoms with Crippen LogP contribution in [-0.2, 0) is 11.2 Å². The van der Waals surface area contributed by atoms with Crippen LogP contribution in [0.5, 0.6) is 0 Å². The van der Waals surface area contributed by atoms with Crippen LogP contribution >= 0.6 is 0 Å². The minimum Gasteiger partial charge on any atom is -0.451 e. The Labute approximate surface area is 161 Å². The standard InChI is InChI=1S/C22H20N2O4/c1-14-7-8-17-18(25)11-20(28-19(17)9-14)22(27)24-12-16(23-21(26)13-24)10-15-5-3-2-4-6-15/h2-9,11,16H,10,12-13H2,1H3,(H,23,26)/t16-/m0/s1. The molecule has 0 radical (unpaired) electrons. The second-order valence-electron chi connectivity index (χ2n) is 7.11. The predicted molar refractivity (Wildman–Crippen MR) is 105 cm³/mol. The maximum absolute atomic E-state index is 12.9. The lowest BCUT2D eigenvalue weighted by molar-refractivity contribution is -0.124. The number of piperazine rings is 1. The van der Waals surface area contributed by atoms with Gasteiger partial charge in [-0.3, -0.25) is 14.4 Å². The van der Waals surface area contributed by atoms with Crippen LogP contribution in [0.4, 0.5) is 0 Å². The Kier molecular flexibility index (Phi) is 4.69. The van der Waals surface area contributed by atoms with E-state index in [4.69, 9.17) is 4.42 Å². The van der Waals surface area contributed by atoms with Gasteiger partial charge in [-0.15, -0.1) is 0 Å². The zero-order chi connectivity index (χ0) is 19.7. The van der Waals surface area contributed by atoms with Crippen molar-refractivity contribution in [3.63, 3.8) is 0 Å². The molecule has 1 aliphatic heterocycles. The fraction of sp³-hybridized carbons (Fsp3) is 0.227. The third-order valence-electron chi connectivity index (χ3n) is 4.85. The number of nitrogens with one attached hydrogen (secondary N) is 1. The lowest BCUT2D eigenvalue weighted by atomic mass is 10.0. The number of rotatable bonds is 3. The highest BCUT2D eigenvalue weighted by Gasteiger charge is 2.30. The number of fused-ring (bicyclic) bond motifs is 1. The molecule has 1 saturated heterocycles. The molecule has 4 rings (SSSR count). The van der Waals surface area contributed by atoms with Crippen molar-refractivity contribution in [2.75, 3.05) is 13.1 Å². The maximum Gasteiger partial charge on any atom is 0.290 e. The fourth-order valence-electron chi connectivity index (χ4n) is 3.52. The summed E-state index contributed by atoms with van der Waals surface area (Å²) in [7, 11) is 0. The lowest BCUT2D eigenvalue weighted by Crippen LogP contribution is -2.56. The topological polar surface area (TPSA) is 79.6 Å². The molecule has 0 unspecified atom stereocenters. The van der Waals surface area contributed by atoms with Gasteiger partial charge in [0.25, 0.3) is 5.91 Å². The van der Waals surface area contributed by atoms with Crippen molar-refractivity contribution in [3.05, 3.63) is 81.7 Å². The number of benzene rings is 2. The van der Waals surface area contributed by atoms with E-state index in [2.05, 4.69) is 5.32 Å². The molecule has 6 heteroatoms. The Hall–Kier alpha value is -3.41. The molecular weight excluding hydrogens is 356 g/mol. The summed E-state index contributed by atoms with van der Waals surface area (Å²) in [4.78, 5) is 38.9. The van der Waals surface area contributed by atoms with Crippen LogP contribution in [0.3, 0.4) is 0 Å². The van der Waals surface area contributed by atoms with Crippen molar-refractivity contribution < 1.29 is 14.0 Å². The van der Waals surface area contributed by atoms with Crippen molar-refractivity contribution in [2.24, 2.45) is 0 Å². The van der Waals surface area contributed by atoms with Crippen molar-refractivity contribution in [3.8, 4) is 0 Å². The smallest absolute Gasteiger partial charge is 0.290 e. The first-order valence-corrected chi connectivity index (χ1v) is 9.17. The molecule has 0 saturated carbocycles. The van der Waals surface area contributed by atoms with Gasteiger partial charge < -0.3 is 14.6 Å². The number of hydrogen-bond donors (Lipinski definition) is 1. The Morgan fingerprint density at radius 1 is 1.14 bits per heavy atom. The monoisotopic (exact) mass is 376 g/mol. The Bertz CT molecular complexity index is 1100. The van der Waals surface area contributed by atoms with Crippen molar-refractivity contribution >= 4 is 22.8 Å². The molecule has 0 aliphatic carbocycles. The van der Waals surface area contributed by atoms with E-state index in [1.807, 2.05) is 43.3 Å². The SMILES string of the molecule is Cc1ccc2c(=O)cc(C(=O)N3CC(=O)N[C@@H](Cc4ccccc4)C3)oc2c1. The van der Waals surface area contributed by atoms with Crippen LogP contribution in [0, 0.1) is 6.92 Å². The number of carbonyl (C=O) groups is 2. The van der Waals surface area contributed by atoms with Gasteiger partial charge in [0, 0.05) is 12.6 Å². The zero-order valence-electron chi connectivity index (χ0n) is 15.5. The van der Waals surface area contributed by atoms with Gasteiger partial charge in [-0.2, -0.15) is 0 Å². The average molecular weight is 376 g/mol. The first-order valence-electron chi connectivity index (χ1n) is 9.17. The molecule has 1 aromatic heterocycles. The van der Waals surface area contributed by atoms with Gasteiger partial charge in [0.1, 0.15) is 12.1 Å². The van der Waals surface area contributed by atoms with Gasteiger partial charge in [0.05, 0.1) is 11.4 Å². The van der Waals surface area contributed by atoms with Crippen LogP contribution in [0.1, 0.15) is 21.7 Å². The van der Waals surface area contributed by atoms with Gasteiger partial charge in [-0.1, -0.05) is 36.4 Å². The van der Waals surface area contributed by atoms with E-state index in [0.717, 1.165) is 11.1 Å². The second-order valence-corrected chi connectivity index (χ2v) is 7.11. The minimum absolute atomic E-state index is 0.0451. The lowest BCUT2D eigenvalue weighted by Gasteiger charge is -2.32. The van der Waals surface area contributed by atoms with E-state index in [-0.39, 0.29) is 29.7 Å². The molecule has 6 nitrogen and oxygen atoms in total. The zero-order valence-corrected chi connectivity index (χ0v) is 15.5. The van der Waals surface area contributed by atoms with Gasteiger partial charge in [0.15, 0.2) is 11.2 Å². The van der Waals surface area contributed by atoms with Crippen LogP contribution in [-0.4, -0.2) is 35.8 Å². The Morgan fingerprint density at radius 2 is 1.93 bits per heavy atom. The summed E-state index contributed by atoms with van der Waals surface area (Å²) in [5.74, 6) is -0.718. The van der Waals surface area contributed by atoms with Gasteiger partial charge in [-0.05, 0) is 36.6 Å². The van der Waals surface area contributed by atoms with E-state index in [9.17, 15) is 14.4 Å². The summed E-state index contributed by atoms with van der Waals surface area (Å²) in [6.07, 6.45) is 0.622. The van der Waals surface area contributed by atoms with Crippen molar-refractivity contribution in [1.82, 2.24) is 10.2 Å². The second kappa shape index (κ2) is 7.31. The van der Waals surface area contributed by atoms with E-state index >= 15 is 0 Å². The van der Waals surface area contributed by atoms with E-state index < -0.39 is 5.91 Å². The maximum atomic E-state index is 12.9. The average Bonchev–Trinajstić information content (AvgIpc) is 2.67. The largest absolute Gasteiger partial charge is 0.451 e. The number of amides is 2. The Morgan fingerprint density at radius 3 is 2.71 bits per heavy atom. The summed E-state index contributed by atoms with van der Waals surface area (Å²) >= 11 is 0. The molecule has 3 aromatic rings. The molecule has 142 valence electrons. The van der Waals surface area contributed by atoms with E-state index in [1.54, 1.807) is 12.1 Å². The first kappa shape index (κ1) is 18.0. The van der Waals surface area contributed by atoms with Crippen molar-refractivity contribution in [2.45, 2.75) is 19.4 Å². The summed E-state index contributed by atoms with van der Waals surface area (Å²) in [6, 6.07) is 16.0. The van der Waals surface area contributed by atoms with Crippen LogP contribution in [0.15, 0.2) is 63.8 Å². The molecule has 2 heterocycles. The third-order valence-corrected chi connectivity index (χ3v) is 4.85. The van der Waals surface area contributed by atoms with Crippen LogP contribution in [0.25, 0.3) is 11.0 Å². The molecule has 0 spiro atoms. The molecule has 2 amide bonds. The van der Waals surface area contributed by atoms with Gasteiger partial charge in [-0.25, -0.2) is 0 Å². The highest BCUT2D eigenvalue weighted by Crippen LogP contribution is 2.17. The quantitative estimate of drug-likeness (QED) is 0.761. The highest BCUT2D eigenvalue weighted by molar-refractivity contribution is 5.96. The molecule has 28 heavy (non-hydrogen) atoms. The molecule has 1 aliphatic rings. The summed E-state index contributed by atoms with van der Waals surface area (Å²) in [5, 5.41) is 3.36. The molecule has 1 N–H and O–H groups in total. The van der Waals surface area contributed by atoms with Crippen LogP contribution < -0.4 is 10.7 Å². The predicted octanol–water partition coefficient (Wildman–Crippen LogP) is 2.28. The van der Waals surface area contributed by atoms with Crippen LogP contribution in [0.2, 0.25) is 0 Å². The van der Waals surface area contributed by atoms with E-state index in [0.29, 0.717) is 23.9 Å². The summed E-state index contributed by atoms with van der Waals surface area (Å²) in [6.45, 7) is 2.19. The molecule has 1 atom stereocenters. The van der Waals surface area contributed by atoms with Gasteiger partial charge in [0.2, 0.25) is 5.91 Å². The minimum atomic E-state index is -0.451. The third kappa shape index (κ3) is 3.67.